The summed E-state index contributed by atoms with van der Waals surface area (Å²) in [7, 11) is 1.51. The molecule has 86 valence electrons. The summed E-state index contributed by atoms with van der Waals surface area (Å²) in [4.78, 5) is 0. The average Bonchev–Trinajstić information content (AvgIpc) is 2.35. The van der Waals surface area contributed by atoms with Gasteiger partial charge < -0.3 is 20.3 Å². The topological polar surface area (TPSA) is 88.5 Å². The molecule has 0 aliphatic carbocycles. The highest BCUT2D eigenvalue weighted by Crippen LogP contribution is 2.28. The zero-order valence-corrected chi connectivity index (χ0v) is 9.01. The highest BCUT2D eigenvalue weighted by molar-refractivity contribution is 5.42. The third-order valence-corrected chi connectivity index (χ3v) is 1.99. The number of methoxy groups -OCH3 is 1. The molecule has 0 bridgehead atoms. The van der Waals surface area contributed by atoms with E-state index >= 15 is 0 Å². The molecule has 1 unspecified atom stereocenters. The first-order chi connectivity index (χ1) is 7.71. The van der Waals surface area contributed by atoms with Crippen LogP contribution in [-0.4, -0.2) is 24.9 Å². The number of aliphatic hydroxyl groups excluding tert-OH is 1. The van der Waals surface area contributed by atoms with E-state index in [2.05, 4.69) is 0 Å². The van der Waals surface area contributed by atoms with Crippen LogP contribution in [0.1, 0.15) is 5.56 Å². The Morgan fingerprint density at radius 2 is 2.25 bits per heavy atom. The van der Waals surface area contributed by atoms with E-state index in [1.165, 1.54) is 7.11 Å². The van der Waals surface area contributed by atoms with Gasteiger partial charge in [0.15, 0.2) is 11.5 Å². The summed E-state index contributed by atoms with van der Waals surface area (Å²) < 4.78 is 10.4. The monoisotopic (exact) mass is 222 g/mol. The van der Waals surface area contributed by atoms with Crippen LogP contribution in [0.3, 0.4) is 0 Å². The number of nitrogens with zero attached hydrogens (tertiary/aromatic N) is 1. The summed E-state index contributed by atoms with van der Waals surface area (Å²) in [6.45, 7) is 0.0414. The number of nitrogens with two attached hydrogens (primary N) is 1. The maximum Gasteiger partial charge on any atom is 0.161 e. The molecule has 0 radical (unpaired) electrons. The molecule has 0 aromatic heterocycles. The molecule has 0 amide bonds. The summed E-state index contributed by atoms with van der Waals surface area (Å²) in [6.07, 6.45) is 0. The minimum absolute atomic E-state index is 0.0612. The molecule has 0 spiro atoms. The van der Waals surface area contributed by atoms with Crippen molar-refractivity contribution in [1.29, 1.82) is 5.26 Å². The molecule has 0 aliphatic rings. The maximum absolute atomic E-state index is 8.95. The van der Waals surface area contributed by atoms with Gasteiger partial charge in [-0.1, -0.05) is 6.07 Å². The molecule has 1 aromatic rings. The predicted molar refractivity (Wildman–Crippen MR) is 58.0 cm³/mol. The third kappa shape index (κ3) is 3.12. The van der Waals surface area contributed by atoms with Gasteiger partial charge in [-0.2, -0.15) is 5.26 Å². The van der Waals surface area contributed by atoms with Crippen molar-refractivity contribution in [2.75, 3.05) is 13.7 Å². The molecule has 1 aromatic carbocycles. The predicted octanol–water partition coefficient (Wildman–Crippen LogP) is 0.417. The summed E-state index contributed by atoms with van der Waals surface area (Å²) in [5.41, 5.74) is 6.13. The van der Waals surface area contributed by atoms with Crippen molar-refractivity contribution in [1.82, 2.24) is 0 Å². The number of aliphatic hydroxyl groups is 1. The second kappa shape index (κ2) is 5.95. The first-order valence-electron chi connectivity index (χ1n) is 4.77. The molecule has 0 aliphatic heterocycles. The number of rotatable bonds is 5. The Morgan fingerprint density at radius 3 is 2.81 bits per heavy atom. The van der Waals surface area contributed by atoms with E-state index in [9.17, 15) is 0 Å². The molecule has 0 saturated carbocycles. The SMILES string of the molecule is COc1cc(CO)ccc1OCC(N)C#N. The standard InChI is InChI=1S/C11H14N2O3/c1-15-11-4-8(6-14)2-3-10(11)16-7-9(13)5-12/h2-4,9,14H,6-7,13H2,1H3. The molecular formula is C11H14N2O3. The molecule has 5 nitrogen and oxygen atoms in total. The van der Waals surface area contributed by atoms with Crippen molar-refractivity contribution in [2.24, 2.45) is 5.73 Å². The number of hydrogen-bond acceptors (Lipinski definition) is 5. The van der Waals surface area contributed by atoms with Gasteiger partial charge in [0.1, 0.15) is 12.6 Å². The van der Waals surface area contributed by atoms with E-state index in [0.717, 1.165) is 5.56 Å². The van der Waals surface area contributed by atoms with Crippen molar-refractivity contribution in [3.63, 3.8) is 0 Å². The van der Waals surface area contributed by atoms with Crippen molar-refractivity contribution in [3.05, 3.63) is 23.8 Å². The van der Waals surface area contributed by atoms with Crippen LogP contribution in [0.15, 0.2) is 18.2 Å². The Hall–Kier alpha value is -1.77. The second-order valence-electron chi connectivity index (χ2n) is 3.19. The fourth-order valence-electron chi connectivity index (χ4n) is 1.15. The quantitative estimate of drug-likeness (QED) is 0.753. The van der Waals surface area contributed by atoms with Gasteiger partial charge in [0.05, 0.1) is 19.8 Å². The lowest BCUT2D eigenvalue weighted by molar-refractivity contribution is 0.275. The van der Waals surface area contributed by atoms with Gasteiger partial charge in [-0.25, -0.2) is 0 Å². The minimum atomic E-state index is -0.665. The largest absolute Gasteiger partial charge is 0.493 e. The van der Waals surface area contributed by atoms with Gasteiger partial charge >= 0.3 is 0 Å². The highest BCUT2D eigenvalue weighted by Gasteiger charge is 2.07. The van der Waals surface area contributed by atoms with Crippen LogP contribution < -0.4 is 15.2 Å². The first kappa shape index (κ1) is 12.3. The number of ether oxygens (including phenoxy) is 2. The summed E-state index contributed by atoms with van der Waals surface area (Å²) in [6, 6.07) is 6.27. The van der Waals surface area contributed by atoms with Crippen molar-refractivity contribution >= 4 is 0 Å². The summed E-state index contributed by atoms with van der Waals surface area (Å²) in [5, 5.41) is 17.4. The average molecular weight is 222 g/mol. The normalized spacial score (nSPS) is 11.6. The second-order valence-corrected chi connectivity index (χ2v) is 3.19. The number of nitriles is 1. The molecule has 3 N–H and O–H groups in total. The Bertz CT molecular complexity index is 387. The molecule has 1 rings (SSSR count). The van der Waals surface area contributed by atoms with Crippen LogP contribution in [-0.2, 0) is 6.61 Å². The van der Waals surface area contributed by atoms with Gasteiger partial charge in [-0.3, -0.25) is 0 Å². The van der Waals surface area contributed by atoms with E-state index in [4.69, 9.17) is 25.6 Å². The van der Waals surface area contributed by atoms with Gasteiger partial charge in [0.2, 0.25) is 0 Å². The fraction of sp³-hybridized carbons (Fsp3) is 0.364. The minimum Gasteiger partial charge on any atom is -0.493 e. The van der Waals surface area contributed by atoms with Gasteiger partial charge in [-0.05, 0) is 17.7 Å². The van der Waals surface area contributed by atoms with E-state index in [-0.39, 0.29) is 13.2 Å². The molecule has 1 atom stereocenters. The zero-order valence-electron chi connectivity index (χ0n) is 9.01. The fourth-order valence-corrected chi connectivity index (χ4v) is 1.15. The Morgan fingerprint density at radius 1 is 1.50 bits per heavy atom. The van der Waals surface area contributed by atoms with Crippen LogP contribution in [0.2, 0.25) is 0 Å². The smallest absolute Gasteiger partial charge is 0.161 e. The van der Waals surface area contributed by atoms with Gasteiger partial charge in [0.25, 0.3) is 0 Å². The van der Waals surface area contributed by atoms with Crippen LogP contribution >= 0.6 is 0 Å². The van der Waals surface area contributed by atoms with Crippen LogP contribution in [0.4, 0.5) is 0 Å². The first-order valence-corrected chi connectivity index (χ1v) is 4.77. The lowest BCUT2D eigenvalue weighted by Gasteiger charge is -2.12. The van der Waals surface area contributed by atoms with E-state index in [1.807, 2.05) is 6.07 Å². The highest BCUT2D eigenvalue weighted by atomic mass is 16.5. The Balaban J connectivity index is 2.76. The van der Waals surface area contributed by atoms with E-state index in [0.29, 0.717) is 11.5 Å². The molecule has 16 heavy (non-hydrogen) atoms. The summed E-state index contributed by atoms with van der Waals surface area (Å²) >= 11 is 0. The van der Waals surface area contributed by atoms with Crippen molar-refractivity contribution in [2.45, 2.75) is 12.6 Å². The van der Waals surface area contributed by atoms with Gasteiger partial charge in [-0.15, -0.1) is 0 Å². The summed E-state index contributed by atoms with van der Waals surface area (Å²) in [5.74, 6) is 1.02. The van der Waals surface area contributed by atoms with Crippen molar-refractivity contribution in [3.8, 4) is 17.6 Å². The molecule has 5 heteroatoms. The Labute approximate surface area is 94.0 Å². The molecular weight excluding hydrogens is 208 g/mol. The van der Waals surface area contributed by atoms with Crippen LogP contribution in [0, 0.1) is 11.3 Å². The number of benzene rings is 1. The lowest BCUT2D eigenvalue weighted by atomic mass is 10.2. The lowest BCUT2D eigenvalue weighted by Crippen LogP contribution is -2.25. The van der Waals surface area contributed by atoms with Crippen LogP contribution in [0.5, 0.6) is 11.5 Å². The van der Waals surface area contributed by atoms with E-state index < -0.39 is 6.04 Å². The van der Waals surface area contributed by atoms with Crippen molar-refractivity contribution < 1.29 is 14.6 Å². The maximum atomic E-state index is 8.95. The van der Waals surface area contributed by atoms with E-state index in [1.54, 1.807) is 18.2 Å². The molecule has 0 heterocycles. The molecule has 0 saturated heterocycles. The third-order valence-electron chi connectivity index (χ3n) is 1.99. The van der Waals surface area contributed by atoms with Crippen LogP contribution in [0.25, 0.3) is 0 Å². The Kier molecular flexibility index (Phi) is 4.58. The van der Waals surface area contributed by atoms with Gasteiger partial charge in [0, 0.05) is 0 Å². The zero-order chi connectivity index (χ0) is 12.0. The molecule has 0 fully saturated rings. The number of hydrogen-bond donors (Lipinski definition) is 2.